The van der Waals surface area contributed by atoms with Crippen LogP contribution in [-0.2, 0) is 10.0 Å². The van der Waals surface area contributed by atoms with Crippen LogP contribution in [0.4, 0.5) is 8.78 Å². The topological polar surface area (TPSA) is 52.7 Å². The number of piperazine rings is 1. The molecule has 116 valence electrons. The number of hydrogen-bond donors (Lipinski definition) is 1. The largest absolute Gasteiger partial charge is 0.314 e. The van der Waals surface area contributed by atoms with Gasteiger partial charge in [-0.1, -0.05) is 6.07 Å². The van der Waals surface area contributed by atoms with Gasteiger partial charge in [0.15, 0.2) is 4.90 Å². The van der Waals surface area contributed by atoms with Crippen LogP contribution in [0.2, 0.25) is 0 Å². The van der Waals surface area contributed by atoms with Gasteiger partial charge in [-0.05, 0) is 12.1 Å². The van der Waals surface area contributed by atoms with Crippen molar-refractivity contribution in [2.45, 2.75) is 10.9 Å². The van der Waals surface area contributed by atoms with E-state index in [1.807, 2.05) is 0 Å². The molecule has 2 fully saturated rings. The first-order valence-corrected chi connectivity index (χ1v) is 8.33. The zero-order chi connectivity index (χ0) is 15.0. The first kappa shape index (κ1) is 14.8. The maximum Gasteiger partial charge on any atom is 0.249 e. The van der Waals surface area contributed by atoms with Gasteiger partial charge in [-0.3, -0.25) is 4.90 Å². The predicted octanol–water partition coefficient (Wildman–Crippen LogP) is 0.243. The van der Waals surface area contributed by atoms with Crippen molar-refractivity contribution in [1.82, 2.24) is 14.5 Å². The van der Waals surface area contributed by atoms with Gasteiger partial charge in [-0.15, -0.1) is 0 Å². The van der Waals surface area contributed by atoms with Crippen molar-refractivity contribution < 1.29 is 17.2 Å². The lowest BCUT2D eigenvalue weighted by atomic mass is 10.1. The van der Waals surface area contributed by atoms with Crippen molar-refractivity contribution in [3.05, 3.63) is 29.8 Å². The summed E-state index contributed by atoms with van der Waals surface area (Å²) >= 11 is 0. The van der Waals surface area contributed by atoms with Gasteiger partial charge in [0.25, 0.3) is 0 Å². The van der Waals surface area contributed by atoms with Crippen LogP contribution in [-0.4, -0.2) is 62.9 Å². The summed E-state index contributed by atoms with van der Waals surface area (Å²) in [6, 6.07) is 3.22. The van der Waals surface area contributed by atoms with Gasteiger partial charge in [-0.2, -0.15) is 4.31 Å². The van der Waals surface area contributed by atoms with Crippen LogP contribution >= 0.6 is 0 Å². The van der Waals surface area contributed by atoms with Gasteiger partial charge >= 0.3 is 0 Å². The fourth-order valence-corrected chi connectivity index (χ4v) is 4.37. The predicted molar refractivity (Wildman–Crippen MR) is 73.3 cm³/mol. The van der Waals surface area contributed by atoms with E-state index < -0.39 is 26.6 Å². The molecular weight excluding hydrogens is 300 g/mol. The number of benzene rings is 1. The van der Waals surface area contributed by atoms with Crippen LogP contribution in [0.25, 0.3) is 0 Å². The second-order valence-electron chi connectivity index (χ2n) is 5.31. The molecule has 21 heavy (non-hydrogen) atoms. The highest BCUT2D eigenvalue weighted by Crippen LogP contribution is 2.27. The van der Waals surface area contributed by atoms with Gasteiger partial charge < -0.3 is 5.32 Å². The lowest BCUT2D eigenvalue weighted by Gasteiger charge is -2.45. The lowest BCUT2D eigenvalue weighted by Crippen LogP contribution is -2.63. The third-order valence-corrected chi connectivity index (χ3v) is 5.90. The average molecular weight is 317 g/mol. The number of sulfonamides is 1. The molecule has 1 aromatic rings. The number of hydrogen-bond acceptors (Lipinski definition) is 4. The fourth-order valence-electron chi connectivity index (χ4n) is 2.75. The van der Waals surface area contributed by atoms with E-state index >= 15 is 0 Å². The molecule has 0 unspecified atom stereocenters. The number of halogens is 2. The molecule has 5 nitrogen and oxygen atoms in total. The zero-order valence-corrected chi connectivity index (χ0v) is 12.2. The summed E-state index contributed by atoms with van der Waals surface area (Å²) in [5, 5.41) is 3.23. The lowest BCUT2D eigenvalue weighted by molar-refractivity contribution is 0.0770. The Morgan fingerprint density at radius 2 is 1.67 bits per heavy atom. The molecule has 0 radical (unpaired) electrons. The van der Waals surface area contributed by atoms with Gasteiger partial charge in [0.1, 0.15) is 11.6 Å². The second-order valence-corrected chi connectivity index (χ2v) is 7.19. The van der Waals surface area contributed by atoms with Crippen LogP contribution in [0, 0.1) is 11.6 Å². The summed E-state index contributed by atoms with van der Waals surface area (Å²) in [6.07, 6.45) is 0. The normalized spacial score (nSPS) is 22.2. The summed E-state index contributed by atoms with van der Waals surface area (Å²) in [5.74, 6) is -2.08. The van der Waals surface area contributed by atoms with E-state index in [4.69, 9.17) is 0 Å². The zero-order valence-electron chi connectivity index (χ0n) is 11.4. The standard InChI is InChI=1S/C13H17F2N3O2S/c14-11-2-1-3-12(15)13(11)21(19,20)18-8-10(9-18)17-6-4-16-5-7-17/h1-3,10,16H,4-9H2. The number of nitrogens with one attached hydrogen (secondary N) is 1. The molecule has 0 atom stereocenters. The molecule has 0 aliphatic carbocycles. The third kappa shape index (κ3) is 2.68. The van der Waals surface area contributed by atoms with Gasteiger partial charge in [0, 0.05) is 45.3 Å². The second kappa shape index (κ2) is 5.60. The summed E-state index contributed by atoms with van der Waals surface area (Å²) in [6.45, 7) is 4.07. The van der Waals surface area contributed by atoms with Gasteiger partial charge in [0.05, 0.1) is 0 Å². The van der Waals surface area contributed by atoms with E-state index in [1.54, 1.807) is 0 Å². The molecule has 2 saturated heterocycles. The van der Waals surface area contributed by atoms with Crippen LogP contribution in [0.1, 0.15) is 0 Å². The molecule has 2 aliphatic rings. The third-order valence-electron chi connectivity index (χ3n) is 4.01. The highest BCUT2D eigenvalue weighted by molar-refractivity contribution is 7.89. The quantitative estimate of drug-likeness (QED) is 0.868. The minimum Gasteiger partial charge on any atom is -0.314 e. The van der Waals surface area contributed by atoms with E-state index in [0.717, 1.165) is 48.7 Å². The Kier molecular flexibility index (Phi) is 3.96. The molecule has 0 spiro atoms. The Hall–Kier alpha value is -1.09. The summed E-state index contributed by atoms with van der Waals surface area (Å²) in [5.41, 5.74) is 0. The van der Waals surface area contributed by atoms with Crippen molar-refractivity contribution in [2.75, 3.05) is 39.3 Å². The van der Waals surface area contributed by atoms with Crippen LogP contribution in [0.15, 0.2) is 23.1 Å². The molecule has 1 N–H and O–H groups in total. The Balaban J connectivity index is 1.73. The maximum atomic E-state index is 13.7. The molecule has 0 amide bonds. The summed E-state index contributed by atoms with van der Waals surface area (Å²) in [4.78, 5) is 1.36. The minimum absolute atomic E-state index is 0.136. The van der Waals surface area contributed by atoms with E-state index in [0.29, 0.717) is 0 Å². The molecule has 0 aromatic heterocycles. The highest BCUT2D eigenvalue weighted by atomic mass is 32.2. The molecule has 0 bridgehead atoms. The fraction of sp³-hybridized carbons (Fsp3) is 0.538. The average Bonchev–Trinajstić information content (AvgIpc) is 2.37. The molecular formula is C13H17F2N3O2S. The molecule has 3 rings (SSSR count). The van der Waals surface area contributed by atoms with Gasteiger partial charge in [0.2, 0.25) is 10.0 Å². The SMILES string of the molecule is O=S(=O)(c1c(F)cccc1F)N1CC(N2CCNCC2)C1. The van der Waals surface area contributed by atoms with Crippen LogP contribution in [0.3, 0.4) is 0 Å². The van der Waals surface area contributed by atoms with E-state index in [2.05, 4.69) is 10.2 Å². The van der Waals surface area contributed by atoms with Crippen molar-refractivity contribution in [2.24, 2.45) is 0 Å². The number of rotatable bonds is 3. The van der Waals surface area contributed by atoms with Crippen LogP contribution in [0.5, 0.6) is 0 Å². The monoisotopic (exact) mass is 317 g/mol. The van der Waals surface area contributed by atoms with Crippen molar-refractivity contribution in [3.8, 4) is 0 Å². The smallest absolute Gasteiger partial charge is 0.249 e. The molecule has 2 aliphatic heterocycles. The Morgan fingerprint density at radius 3 is 2.24 bits per heavy atom. The first-order chi connectivity index (χ1) is 10.00. The van der Waals surface area contributed by atoms with E-state index in [9.17, 15) is 17.2 Å². The minimum atomic E-state index is -4.09. The van der Waals surface area contributed by atoms with Gasteiger partial charge in [-0.25, -0.2) is 17.2 Å². The highest BCUT2D eigenvalue weighted by Gasteiger charge is 2.41. The Labute approximate surface area is 122 Å². The number of nitrogens with zero attached hydrogens (tertiary/aromatic N) is 2. The molecule has 0 saturated carbocycles. The molecule has 8 heteroatoms. The van der Waals surface area contributed by atoms with Crippen molar-refractivity contribution >= 4 is 10.0 Å². The van der Waals surface area contributed by atoms with Crippen molar-refractivity contribution in [1.29, 1.82) is 0 Å². The van der Waals surface area contributed by atoms with Crippen LogP contribution < -0.4 is 5.32 Å². The summed E-state index contributed by atoms with van der Waals surface area (Å²) in [7, 11) is -4.09. The Bertz CT molecular complexity index is 606. The molecule has 2 heterocycles. The van der Waals surface area contributed by atoms with Crippen molar-refractivity contribution in [3.63, 3.8) is 0 Å². The molecule has 1 aromatic carbocycles. The maximum absolute atomic E-state index is 13.7. The van der Waals surface area contributed by atoms with E-state index in [-0.39, 0.29) is 19.1 Å². The summed E-state index contributed by atoms with van der Waals surface area (Å²) < 4.78 is 53.0. The Morgan fingerprint density at radius 1 is 1.10 bits per heavy atom. The first-order valence-electron chi connectivity index (χ1n) is 6.89. The van der Waals surface area contributed by atoms with E-state index in [1.165, 1.54) is 0 Å².